The minimum absolute atomic E-state index is 0.0787. The van der Waals surface area contributed by atoms with Gasteiger partial charge in [-0.25, -0.2) is 0 Å². The molecule has 1 N–H and O–H groups in total. The monoisotopic (exact) mass is 378 g/mol. The number of unbranched alkanes of at least 4 members (excludes halogenated alkanes) is 1. The predicted molar refractivity (Wildman–Crippen MR) is 103 cm³/mol. The van der Waals surface area contributed by atoms with Crippen LogP contribution < -0.4 is 19.5 Å². The maximum atomic E-state index is 12.9. The van der Waals surface area contributed by atoms with E-state index in [0.29, 0.717) is 42.3 Å². The molecule has 27 heavy (non-hydrogen) atoms. The lowest BCUT2D eigenvalue weighted by atomic mass is 10.0. The van der Waals surface area contributed by atoms with Crippen molar-refractivity contribution >= 4 is 11.8 Å². The highest BCUT2D eigenvalue weighted by Crippen LogP contribution is 2.38. The fourth-order valence-corrected chi connectivity index (χ4v) is 3.25. The summed E-state index contributed by atoms with van der Waals surface area (Å²) in [5.74, 6) is 1.40. The summed E-state index contributed by atoms with van der Waals surface area (Å²) < 4.78 is 16.0. The lowest BCUT2D eigenvalue weighted by Gasteiger charge is -2.32. The molecular weight excluding hydrogens is 348 g/mol. The lowest BCUT2D eigenvalue weighted by Crippen LogP contribution is -2.46. The predicted octanol–water partition coefficient (Wildman–Crippen LogP) is 2.62. The Bertz CT molecular complexity index is 629. The average molecular weight is 378 g/mol. The van der Waals surface area contributed by atoms with Crippen molar-refractivity contribution in [3.63, 3.8) is 0 Å². The van der Waals surface area contributed by atoms with Gasteiger partial charge in [0.25, 0.3) is 5.91 Å². The fraction of sp³-hybridized carbons (Fsp3) is 0.600. The Morgan fingerprint density at radius 2 is 1.67 bits per heavy atom. The molecule has 1 aromatic carbocycles. The normalized spacial score (nSPS) is 14.6. The first kappa shape index (κ1) is 20.9. The van der Waals surface area contributed by atoms with Crippen LogP contribution in [0.5, 0.6) is 17.2 Å². The quantitative estimate of drug-likeness (QED) is 0.752. The summed E-state index contributed by atoms with van der Waals surface area (Å²) in [5.41, 5.74) is 0.495. The summed E-state index contributed by atoms with van der Waals surface area (Å²) in [6.07, 6.45) is 4.00. The van der Waals surface area contributed by atoms with Crippen molar-refractivity contribution in [2.45, 2.75) is 45.1 Å². The highest BCUT2D eigenvalue weighted by molar-refractivity contribution is 5.95. The number of piperidine rings is 1. The van der Waals surface area contributed by atoms with E-state index in [1.807, 2.05) is 0 Å². The maximum Gasteiger partial charge on any atom is 0.254 e. The summed E-state index contributed by atoms with van der Waals surface area (Å²) in [5, 5.41) is 3.07. The average Bonchev–Trinajstić information content (AvgIpc) is 2.71. The molecule has 0 aromatic heterocycles. The minimum Gasteiger partial charge on any atom is -0.493 e. The van der Waals surface area contributed by atoms with Crippen LogP contribution in [0.2, 0.25) is 0 Å². The minimum atomic E-state index is -0.0787. The smallest absolute Gasteiger partial charge is 0.254 e. The first-order valence-electron chi connectivity index (χ1n) is 9.42. The van der Waals surface area contributed by atoms with Gasteiger partial charge in [-0.15, -0.1) is 0 Å². The molecule has 0 atom stereocenters. The summed E-state index contributed by atoms with van der Waals surface area (Å²) in [4.78, 5) is 26.6. The number of carbonyl (C=O) groups is 2. The van der Waals surface area contributed by atoms with Gasteiger partial charge in [0, 0.05) is 31.1 Å². The van der Waals surface area contributed by atoms with E-state index in [9.17, 15) is 9.59 Å². The second-order valence-electron chi connectivity index (χ2n) is 6.65. The Labute approximate surface area is 161 Å². The van der Waals surface area contributed by atoms with Crippen LogP contribution in [0.15, 0.2) is 12.1 Å². The molecule has 0 bridgehead atoms. The molecule has 0 unspecified atom stereocenters. The van der Waals surface area contributed by atoms with Gasteiger partial charge in [0.05, 0.1) is 21.3 Å². The number of nitrogens with zero attached hydrogens (tertiary/aromatic N) is 1. The van der Waals surface area contributed by atoms with E-state index in [1.54, 1.807) is 17.0 Å². The van der Waals surface area contributed by atoms with Crippen molar-refractivity contribution in [3.8, 4) is 17.2 Å². The van der Waals surface area contributed by atoms with Gasteiger partial charge in [0.1, 0.15) is 0 Å². The topological polar surface area (TPSA) is 77.1 Å². The summed E-state index contributed by atoms with van der Waals surface area (Å²) >= 11 is 0. The number of amides is 2. The Morgan fingerprint density at radius 3 is 2.15 bits per heavy atom. The van der Waals surface area contributed by atoms with Gasteiger partial charge in [-0.3, -0.25) is 9.59 Å². The maximum absolute atomic E-state index is 12.9. The van der Waals surface area contributed by atoms with Crippen molar-refractivity contribution < 1.29 is 23.8 Å². The Balaban J connectivity index is 2.00. The van der Waals surface area contributed by atoms with Crippen molar-refractivity contribution in [2.75, 3.05) is 34.4 Å². The molecule has 1 saturated heterocycles. The molecule has 1 aliphatic heterocycles. The number of nitrogens with one attached hydrogen (secondary N) is 1. The zero-order chi connectivity index (χ0) is 19.8. The number of hydrogen-bond acceptors (Lipinski definition) is 5. The van der Waals surface area contributed by atoms with E-state index >= 15 is 0 Å². The SMILES string of the molecule is CCCCC(=O)NC1CCN(C(=O)c2cc(OC)c(OC)c(OC)c2)CC1. The number of benzene rings is 1. The number of rotatable bonds is 8. The lowest BCUT2D eigenvalue weighted by molar-refractivity contribution is -0.122. The molecule has 2 amide bonds. The van der Waals surface area contributed by atoms with Crippen molar-refractivity contribution in [1.29, 1.82) is 0 Å². The van der Waals surface area contributed by atoms with Gasteiger partial charge in [-0.05, 0) is 31.4 Å². The number of carbonyl (C=O) groups excluding carboxylic acids is 2. The molecular formula is C20H30N2O5. The zero-order valence-corrected chi connectivity index (χ0v) is 16.7. The molecule has 7 heteroatoms. The zero-order valence-electron chi connectivity index (χ0n) is 16.7. The third-order valence-corrected chi connectivity index (χ3v) is 4.82. The molecule has 0 radical (unpaired) electrons. The van der Waals surface area contributed by atoms with Crippen LogP contribution in [0.1, 0.15) is 49.4 Å². The number of methoxy groups -OCH3 is 3. The second kappa shape index (κ2) is 10.0. The van der Waals surface area contributed by atoms with Gasteiger partial charge in [0.15, 0.2) is 11.5 Å². The van der Waals surface area contributed by atoms with E-state index in [2.05, 4.69) is 12.2 Å². The van der Waals surface area contributed by atoms with Crippen LogP contribution >= 0.6 is 0 Å². The molecule has 0 saturated carbocycles. The van der Waals surface area contributed by atoms with Crippen molar-refractivity contribution in [2.24, 2.45) is 0 Å². The van der Waals surface area contributed by atoms with Crippen LogP contribution in [-0.4, -0.2) is 57.2 Å². The molecule has 150 valence electrons. The van der Waals surface area contributed by atoms with Gasteiger partial charge in [-0.1, -0.05) is 13.3 Å². The van der Waals surface area contributed by atoms with Gasteiger partial charge >= 0.3 is 0 Å². The molecule has 1 aliphatic rings. The highest BCUT2D eigenvalue weighted by Gasteiger charge is 2.26. The van der Waals surface area contributed by atoms with Crippen LogP contribution in [0, 0.1) is 0 Å². The van der Waals surface area contributed by atoms with E-state index < -0.39 is 0 Å². The number of ether oxygens (including phenoxy) is 3. The third kappa shape index (κ3) is 5.28. The van der Waals surface area contributed by atoms with Crippen LogP contribution in [-0.2, 0) is 4.79 Å². The molecule has 2 rings (SSSR count). The molecule has 7 nitrogen and oxygen atoms in total. The Kier molecular flexibility index (Phi) is 7.76. The van der Waals surface area contributed by atoms with Crippen LogP contribution in [0.3, 0.4) is 0 Å². The molecule has 1 heterocycles. The molecule has 0 aliphatic carbocycles. The van der Waals surface area contributed by atoms with Crippen molar-refractivity contribution in [3.05, 3.63) is 17.7 Å². The second-order valence-corrected chi connectivity index (χ2v) is 6.65. The van der Waals surface area contributed by atoms with Crippen LogP contribution in [0.4, 0.5) is 0 Å². The summed E-state index contributed by atoms with van der Waals surface area (Å²) in [6, 6.07) is 3.48. The highest BCUT2D eigenvalue weighted by atomic mass is 16.5. The van der Waals surface area contributed by atoms with E-state index in [1.165, 1.54) is 21.3 Å². The van der Waals surface area contributed by atoms with E-state index in [-0.39, 0.29) is 17.9 Å². The summed E-state index contributed by atoms with van der Waals surface area (Å²) in [6.45, 7) is 3.28. The third-order valence-electron chi connectivity index (χ3n) is 4.82. The largest absolute Gasteiger partial charge is 0.493 e. The number of hydrogen-bond donors (Lipinski definition) is 1. The van der Waals surface area contributed by atoms with Gasteiger partial charge in [-0.2, -0.15) is 0 Å². The van der Waals surface area contributed by atoms with Crippen molar-refractivity contribution in [1.82, 2.24) is 10.2 Å². The van der Waals surface area contributed by atoms with E-state index in [4.69, 9.17) is 14.2 Å². The number of likely N-dealkylation sites (tertiary alicyclic amines) is 1. The first-order chi connectivity index (χ1) is 13.0. The fourth-order valence-electron chi connectivity index (χ4n) is 3.25. The Hall–Kier alpha value is -2.44. The molecule has 1 fully saturated rings. The van der Waals surface area contributed by atoms with Gasteiger partial charge in [0.2, 0.25) is 11.7 Å². The van der Waals surface area contributed by atoms with Crippen LogP contribution in [0.25, 0.3) is 0 Å². The van der Waals surface area contributed by atoms with Gasteiger partial charge < -0.3 is 24.4 Å². The summed E-state index contributed by atoms with van der Waals surface area (Å²) in [7, 11) is 4.58. The molecule has 1 aromatic rings. The Morgan fingerprint density at radius 1 is 1.07 bits per heavy atom. The standard InChI is InChI=1S/C20H30N2O5/c1-5-6-7-18(23)21-15-8-10-22(11-9-15)20(24)14-12-16(25-2)19(27-4)17(13-14)26-3/h12-13,15H,5-11H2,1-4H3,(H,21,23). The first-order valence-corrected chi connectivity index (χ1v) is 9.42. The molecule has 0 spiro atoms. The van der Waals surface area contributed by atoms with E-state index in [0.717, 1.165) is 25.7 Å².